The Morgan fingerprint density at radius 1 is 1.20 bits per heavy atom. The Labute approximate surface area is 212 Å². The summed E-state index contributed by atoms with van der Waals surface area (Å²) in [5, 5.41) is 0. The Bertz CT molecular complexity index is 1100. The van der Waals surface area contributed by atoms with Crippen LogP contribution in [0.3, 0.4) is 0 Å². The summed E-state index contributed by atoms with van der Waals surface area (Å²) in [4.78, 5) is 27.9. The van der Waals surface area contributed by atoms with Crippen LogP contribution in [0.4, 0.5) is 0 Å². The normalized spacial score (nSPS) is 23.1. The SMILES string of the molecule is CCC(C)/C(C)=C1\C=C(C)C=CN1/C(CC1CC(C)N(C(C)=O)C1)=C(\C)c1ccc(C=O)cc1C. The highest BCUT2D eigenvalue weighted by atomic mass is 16.2. The van der Waals surface area contributed by atoms with E-state index < -0.39 is 0 Å². The van der Waals surface area contributed by atoms with Crippen molar-refractivity contribution in [3.63, 3.8) is 0 Å². The van der Waals surface area contributed by atoms with Gasteiger partial charge in [0.1, 0.15) is 6.29 Å². The summed E-state index contributed by atoms with van der Waals surface area (Å²) in [5.41, 5.74) is 9.36. The average molecular weight is 475 g/mol. The predicted molar refractivity (Wildman–Crippen MR) is 146 cm³/mol. The summed E-state index contributed by atoms with van der Waals surface area (Å²) < 4.78 is 0. The van der Waals surface area contributed by atoms with Gasteiger partial charge in [-0.3, -0.25) is 9.59 Å². The van der Waals surface area contributed by atoms with Gasteiger partial charge in [0.05, 0.1) is 0 Å². The second-order valence-corrected chi connectivity index (χ2v) is 10.5. The lowest BCUT2D eigenvalue weighted by atomic mass is 9.90. The van der Waals surface area contributed by atoms with Crippen molar-refractivity contribution in [1.82, 2.24) is 9.80 Å². The number of benzene rings is 1. The molecule has 2 aliphatic heterocycles. The molecule has 2 heterocycles. The molecule has 0 radical (unpaired) electrons. The number of aryl methyl sites for hydroxylation is 1. The number of aldehydes is 1. The molecule has 0 aliphatic carbocycles. The molecule has 4 heteroatoms. The van der Waals surface area contributed by atoms with Crippen molar-refractivity contribution in [2.45, 2.75) is 80.7 Å². The minimum Gasteiger partial charge on any atom is -0.340 e. The van der Waals surface area contributed by atoms with Crippen LogP contribution in [0.5, 0.6) is 0 Å². The lowest BCUT2D eigenvalue weighted by molar-refractivity contribution is -0.129. The van der Waals surface area contributed by atoms with Crippen LogP contribution in [-0.4, -0.2) is 34.6 Å². The van der Waals surface area contributed by atoms with Gasteiger partial charge >= 0.3 is 0 Å². The molecule has 188 valence electrons. The van der Waals surface area contributed by atoms with E-state index >= 15 is 0 Å². The molecule has 1 aromatic rings. The van der Waals surface area contributed by atoms with E-state index in [2.05, 4.69) is 77.8 Å². The van der Waals surface area contributed by atoms with Crippen molar-refractivity contribution in [3.05, 3.63) is 75.8 Å². The Hall–Kier alpha value is -2.88. The standard InChI is InChI=1S/C31H42N2O2/c1-9-21(3)24(6)30-14-20(2)12-13-32(30)31(17-28-16-23(5)33(18-28)26(8)35)25(7)29-11-10-27(19-34)15-22(29)4/h10-15,19,21,23,28H,9,16-18H2,1-8H3/b30-24+,31-25+. The molecule has 1 aromatic carbocycles. The van der Waals surface area contributed by atoms with E-state index in [9.17, 15) is 9.59 Å². The van der Waals surface area contributed by atoms with Crippen molar-refractivity contribution in [2.75, 3.05) is 6.54 Å². The van der Waals surface area contributed by atoms with E-state index in [0.717, 1.165) is 37.7 Å². The van der Waals surface area contributed by atoms with Crippen molar-refractivity contribution in [2.24, 2.45) is 11.8 Å². The summed E-state index contributed by atoms with van der Waals surface area (Å²) in [5.74, 6) is 1.05. The first kappa shape index (κ1) is 26.7. The number of hydrogen-bond donors (Lipinski definition) is 0. The second-order valence-electron chi connectivity index (χ2n) is 10.5. The zero-order valence-electron chi connectivity index (χ0n) is 22.8. The number of carbonyl (C=O) groups excluding carboxylic acids is 2. The van der Waals surface area contributed by atoms with Gasteiger partial charge in [-0.15, -0.1) is 0 Å². The molecule has 0 N–H and O–H groups in total. The molecule has 4 nitrogen and oxygen atoms in total. The number of carbonyl (C=O) groups is 2. The van der Waals surface area contributed by atoms with Crippen LogP contribution in [0.15, 0.2) is 59.1 Å². The first-order valence-corrected chi connectivity index (χ1v) is 13.0. The maximum atomic E-state index is 12.2. The van der Waals surface area contributed by atoms with Gasteiger partial charge in [-0.1, -0.05) is 26.0 Å². The van der Waals surface area contributed by atoms with Crippen LogP contribution < -0.4 is 0 Å². The first-order valence-electron chi connectivity index (χ1n) is 13.0. The Kier molecular flexibility index (Phi) is 8.58. The molecular weight excluding hydrogens is 432 g/mol. The molecule has 3 unspecified atom stereocenters. The summed E-state index contributed by atoms with van der Waals surface area (Å²) in [6, 6.07) is 6.22. The van der Waals surface area contributed by atoms with Gasteiger partial charge in [0.25, 0.3) is 0 Å². The van der Waals surface area contributed by atoms with Crippen LogP contribution in [-0.2, 0) is 4.79 Å². The molecule has 0 spiro atoms. The topological polar surface area (TPSA) is 40.6 Å². The highest BCUT2D eigenvalue weighted by molar-refractivity contribution is 5.78. The third kappa shape index (κ3) is 5.86. The highest BCUT2D eigenvalue weighted by Crippen LogP contribution is 2.38. The largest absolute Gasteiger partial charge is 0.340 e. The molecule has 1 fully saturated rings. The number of likely N-dealkylation sites (tertiary alicyclic amines) is 1. The highest BCUT2D eigenvalue weighted by Gasteiger charge is 2.33. The molecule has 1 amide bonds. The van der Waals surface area contributed by atoms with Gasteiger partial charge in [-0.2, -0.15) is 0 Å². The van der Waals surface area contributed by atoms with Gasteiger partial charge in [-0.05, 0) is 112 Å². The van der Waals surface area contributed by atoms with Gasteiger partial charge in [-0.25, -0.2) is 0 Å². The second kappa shape index (κ2) is 11.2. The monoisotopic (exact) mass is 474 g/mol. The van der Waals surface area contributed by atoms with E-state index in [0.29, 0.717) is 17.4 Å². The number of nitrogens with zero attached hydrogens (tertiary/aromatic N) is 2. The van der Waals surface area contributed by atoms with Crippen LogP contribution in [0.1, 0.15) is 89.2 Å². The predicted octanol–water partition coefficient (Wildman–Crippen LogP) is 7.28. The van der Waals surface area contributed by atoms with E-state index in [1.165, 1.54) is 33.7 Å². The first-order chi connectivity index (χ1) is 16.6. The Morgan fingerprint density at radius 2 is 1.91 bits per heavy atom. The van der Waals surface area contributed by atoms with E-state index in [-0.39, 0.29) is 11.9 Å². The molecule has 1 saturated heterocycles. The Morgan fingerprint density at radius 3 is 2.49 bits per heavy atom. The van der Waals surface area contributed by atoms with Gasteiger partial charge in [0.15, 0.2) is 0 Å². The summed E-state index contributed by atoms with van der Waals surface area (Å²) in [6.07, 6.45) is 10.6. The van der Waals surface area contributed by atoms with E-state index in [1.807, 2.05) is 17.0 Å². The fourth-order valence-electron chi connectivity index (χ4n) is 5.47. The fraction of sp³-hybridized carbons (Fsp3) is 0.484. The van der Waals surface area contributed by atoms with Crippen molar-refractivity contribution in [3.8, 4) is 0 Å². The molecule has 35 heavy (non-hydrogen) atoms. The van der Waals surface area contributed by atoms with E-state index in [4.69, 9.17) is 0 Å². The third-order valence-electron chi connectivity index (χ3n) is 7.93. The summed E-state index contributed by atoms with van der Waals surface area (Å²) >= 11 is 0. The fourth-order valence-corrected chi connectivity index (χ4v) is 5.47. The number of rotatable bonds is 7. The molecule has 3 rings (SSSR count). The molecule has 2 aliphatic rings. The molecule has 0 bridgehead atoms. The third-order valence-corrected chi connectivity index (χ3v) is 7.93. The van der Waals surface area contributed by atoms with E-state index in [1.54, 1.807) is 6.92 Å². The minimum absolute atomic E-state index is 0.159. The van der Waals surface area contributed by atoms with Gasteiger partial charge < -0.3 is 9.80 Å². The Balaban J connectivity index is 2.14. The number of allylic oxidation sites excluding steroid dienone is 6. The average Bonchev–Trinajstić information content (AvgIpc) is 3.21. The van der Waals surface area contributed by atoms with Crippen LogP contribution in [0, 0.1) is 18.8 Å². The maximum Gasteiger partial charge on any atom is 0.219 e. The smallest absolute Gasteiger partial charge is 0.219 e. The van der Waals surface area contributed by atoms with Gasteiger partial charge in [0, 0.05) is 42.7 Å². The summed E-state index contributed by atoms with van der Waals surface area (Å²) in [7, 11) is 0. The number of amides is 1. The zero-order chi connectivity index (χ0) is 25.9. The lowest BCUT2D eigenvalue weighted by Gasteiger charge is -2.34. The molecule has 0 saturated carbocycles. The van der Waals surface area contributed by atoms with Crippen LogP contribution >= 0.6 is 0 Å². The molecule has 0 aromatic heterocycles. The molecule has 3 atom stereocenters. The minimum atomic E-state index is 0.159. The number of hydrogen-bond acceptors (Lipinski definition) is 3. The quantitative estimate of drug-likeness (QED) is 0.390. The maximum absolute atomic E-state index is 12.2. The van der Waals surface area contributed by atoms with Crippen molar-refractivity contribution in [1.29, 1.82) is 0 Å². The lowest BCUT2D eigenvalue weighted by Crippen LogP contribution is -2.32. The van der Waals surface area contributed by atoms with Crippen LogP contribution in [0.25, 0.3) is 5.57 Å². The van der Waals surface area contributed by atoms with Gasteiger partial charge in [0.2, 0.25) is 5.91 Å². The van der Waals surface area contributed by atoms with Crippen LogP contribution in [0.2, 0.25) is 0 Å². The van der Waals surface area contributed by atoms with Crippen molar-refractivity contribution < 1.29 is 9.59 Å². The summed E-state index contributed by atoms with van der Waals surface area (Å²) in [6.45, 7) is 17.9. The zero-order valence-corrected chi connectivity index (χ0v) is 22.8. The molecular formula is C31H42N2O2. The van der Waals surface area contributed by atoms with Crippen molar-refractivity contribution >= 4 is 17.8 Å².